The van der Waals surface area contributed by atoms with Crippen molar-refractivity contribution < 1.29 is 13.5 Å². The fourth-order valence-electron chi connectivity index (χ4n) is 3.54. The highest BCUT2D eigenvalue weighted by atomic mass is 32.2. The quantitative estimate of drug-likeness (QED) is 0.582. The van der Waals surface area contributed by atoms with Gasteiger partial charge in [0.2, 0.25) is 10.0 Å². The van der Waals surface area contributed by atoms with E-state index < -0.39 is 16.1 Å². The summed E-state index contributed by atoms with van der Waals surface area (Å²) in [7, 11) is -1.66. The van der Waals surface area contributed by atoms with E-state index >= 15 is 0 Å². The minimum absolute atomic E-state index is 0.129. The number of H-pyrrole nitrogens is 1. The molecule has 0 aliphatic heterocycles. The number of rotatable bonds is 6. The summed E-state index contributed by atoms with van der Waals surface area (Å²) in [4.78, 5) is 13.9. The van der Waals surface area contributed by atoms with E-state index in [9.17, 15) is 13.5 Å². The monoisotopic (exact) mass is 401 g/mol. The molecular weight excluding hydrogens is 378 g/mol. The second-order valence-corrected chi connectivity index (χ2v) is 8.95. The number of anilines is 1. The Labute approximate surface area is 163 Å². The SMILES string of the molecule is CC(O)c1cccc(S(=O)(=O)N[C@H]2C[C@@H](N(C)c3ncnc4[nH]ccc34)C2)c1. The predicted molar refractivity (Wildman–Crippen MR) is 106 cm³/mol. The van der Waals surface area contributed by atoms with Gasteiger partial charge in [0.1, 0.15) is 17.8 Å². The van der Waals surface area contributed by atoms with Crippen LogP contribution in [0.25, 0.3) is 11.0 Å². The highest BCUT2D eigenvalue weighted by Gasteiger charge is 2.36. The molecule has 1 aliphatic rings. The normalized spacial score (nSPS) is 20.7. The molecule has 1 saturated carbocycles. The Bertz CT molecular complexity index is 1090. The Morgan fingerprint density at radius 3 is 2.82 bits per heavy atom. The summed E-state index contributed by atoms with van der Waals surface area (Å²) in [5.41, 5.74) is 1.36. The lowest BCUT2D eigenvalue weighted by Gasteiger charge is -2.41. The summed E-state index contributed by atoms with van der Waals surface area (Å²) in [6.07, 6.45) is 4.03. The number of sulfonamides is 1. The van der Waals surface area contributed by atoms with Gasteiger partial charge in [-0.3, -0.25) is 0 Å². The first-order valence-electron chi connectivity index (χ1n) is 9.16. The molecule has 1 fully saturated rings. The van der Waals surface area contributed by atoms with Crippen molar-refractivity contribution in [1.82, 2.24) is 19.7 Å². The van der Waals surface area contributed by atoms with Gasteiger partial charge in [-0.05, 0) is 43.5 Å². The maximum absolute atomic E-state index is 12.7. The number of fused-ring (bicyclic) bond motifs is 1. The van der Waals surface area contributed by atoms with E-state index in [2.05, 4.69) is 24.6 Å². The molecule has 2 aromatic heterocycles. The van der Waals surface area contributed by atoms with Gasteiger partial charge < -0.3 is 15.0 Å². The van der Waals surface area contributed by atoms with Gasteiger partial charge in [-0.25, -0.2) is 23.1 Å². The number of nitrogens with zero attached hydrogens (tertiary/aromatic N) is 3. The minimum Gasteiger partial charge on any atom is -0.389 e. The van der Waals surface area contributed by atoms with E-state index in [-0.39, 0.29) is 17.0 Å². The topological polar surface area (TPSA) is 111 Å². The van der Waals surface area contributed by atoms with Crippen molar-refractivity contribution in [2.75, 3.05) is 11.9 Å². The van der Waals surface area contributed by atoms with Gasteiger partial charge >= 0.3 is 0 Å². The predicted octanol–water partition coefficient (Wildman–Crippen LogP) is 1.96. The molecule has 28 heavy (non-hydrogen) atoms. The maximum Gasteiger partial charge on any atom is 0.240 e. The number of nitrogens with one attached hydrogen (secondary N) is 2. The van der Waals surface area contributed by atoms with E-state index in [0.29, 0.717) is 18.4 Å². The summed E-state index contributed by atoms with van der Waals surface area (Å²) < 4.78 is 28.1. The van der Waals surface area contributed by atoms with Crippen LogP contribution in [-0.2, 0) is 10.0 Å². The van der Waals surface area contributed by atoms with E-state index in [0.717, 1.165) is 16.9 Å². The fourth-order valence-corrected chi connectivity index (χ4v) is 4.86. The lowest BCUT2D eigenvalue weighted by atomic mass is 9.86. The highest BCUT2D eigenvalue weighted by molar-refractivity contribution is 7.89. The van der Waals surface area contributed by atoms with E-state index in [1.54, 1.807) is 25.1 Å². The van der Waals surface area contributed by atoms with Crippen molar-refractivity contribution in [1.29, 1.82) is 0 Å². The van der Waals surface area contributed by atoms with Gasteiger partial charge in [-0.15, -0.1) is 0 Å². The van der Waals surface area contributed by atoms with Gasteiger partial charge in [0.25, 0.3) is 0 Å². The first-order valence-corrected chi connectivity index (χ1v) is 10.6. The third kappa shape index (κ3) is 3.48. The van der Waals surface area contributed by atoms with Crippen LogP contribution in [-0.4, -0.2) is 47.6 Å². The number of aromatic amines is 1. The lowest BCUT2D eigenvalue weighted by Crippen LogP contribution is -2.53. The average molecular weight is 401 g/mol. The average Bonchev–Trinajstić information content (AvgIpc) is 3.12. The highest BCUT2D eigenvalue weighted by Crippen LogP contribution is 2.32. The molecule has 148 valence electrons. The first-order chi connectivity index (χ1) is 13.3. The molecule has 8 nitrogen and oxygen atoms in total. The van der Waals surface area contributed by atoms with Crippen LogP contribution in [0.1, 0.15) is 31.4 Å². The van der Waals surface area contributed by atoms with Crippen LogP contribution in [0, 0.1) is 0 Å². The number of hydrogen-bond donors (Lipinski definition) is 3. The molecule has 0 bridgehead atoms. The van der Waals surface area contributed by atoms with E-state index in [4.69, 9.17) is 0 Å². The van der Waals surface area contributed by atoms with E-state index in [1.165, 1.54) is 12.4 Å². The van der Waals surface area contributed by atoms with E-state index in [1.807, 2.05) is 19.3 Å². The fraction of sp³-hybridized carbons (Fsp3) is 0.368. The first kappa shape index (κ1) is 18.9. The molecular formula is C19H23N5O3S. The number of aliphatic hydroxyl groups excluding tert-OH is 1. The van der Waals surface area contributed by atoms with Gasteiger partial charge in [-0.1, -0.05) is 12.1 Å². The Morgan fingerprint density at radius 2 is 2.07 bits per heavy atom. The molecule has 2 heterocycles. The molecule has 0 radical (unpaired) electrons. The number of benzene rings is 1. The van der Waals surface area contributed by atoms with Crippen LogP contribution in [0.2, 0.25) is 0 Å². The molecule has 1 aliphatic carbocycles. The van der Waals surface area contributed by atoms with Gasteiger partial charge in [0.05, 0.1) is 16.4 Å². The van der Waals surface area contributed by atoms with Crippen molar-refractivity contribution in [3.05, 3.63) is 48.4 Å². The van der Waals surface area contributed by atoms with Crippen molar-refractivity contribution in [3.63, 3.8) is 0 Å². The van der Waals surface area contributed by atoms with Crippen molar-refractivity contribution in [2.24, 2.45) is 0 Å². The minimum atomic E-state index is -3.63. The molecule has 3 N–H and O–H groups in total. The van der Waals surface area contributed by atoms with Gasteiger partial charge in [-0.2, -0.15) is 0 Å². The Balaban J connectivity index is 1.43. The van der Waals surface area contributed by atoms with Crippen LogP contribution in [0.5, 0.6) is 0 Å². The maximum atomic E-state index is 12.7. The second kappa shape index (κ2) is 7.16. The van der Waals surface area contributed by atoms with Crippen molar-refractivity contribution in [3.8, 4) is 0 Å². The van der Waals surface area contributed by atoms with Crippen molar-refractivity contribution >= 4 is 26.9 Å². The molecule has 3 aromatic rings. The Kier molecular flexibility index (Phi) is 4.82. The summed E-state index contributed by atoms with van der Waals surface area (Å²) in [6, 6.07) is 8.42. The lowest BCUT2D eigenvalue weighted by molar-refractivity contribution is 0.199. The molecule has 4 rings (SSSR count). The molecule has 1 aromatic carbocycles. The number of hydrogen-bond acceptors (Lipinski definition) is 6. The zero-order chi connectivity index (χ0) is 19.9. The van der Waals surface area contributed by atoms with Crippen LogP contribution in [0.4, 0.5) is 5.82 Å². The van der Waals surface area contributed by atoms with Gasteiger partial charge in [0, 0.05) is 25.3 Å². The zero-order valence-electron chi connectivity index (χ0n) is 15.7. The van der Waals surface area contributed by atoms with Crippen LogP contribution >= 0.6 is 0 Å². The third-order valence-corrected chi connectivity index (χ3v) is 6.82. The van der Waals surface area contributed by atoms with Gasteiger partial charge in [0.15, 0.2) is 0 Å². The smallest absolute Gasteiger partial charge is 0.240 e. The van der Waals surface area contributed by atoms with Crippen LogP contribution < -0.4 is 9.62 Å². The third-order valence-electron chi connectivity index (χ3n) is 5.30. The summed E-state index contributed by atoms with van der Waals surface area (Å²) >= 11 is 0. The molecule has 0 spiro atoms. The molecule has 1 unspecified atom stereocenters. The second-order valence-electron chi connectivity index (χ2n) is 7.24. The molecule has 0 saturated heterocycles. The Morgan fingerprint density at radius 1 is 1.29 bits per heavy atom. The standard InChI is InChI=1S/C19H23N5O3S/c1-12(25)13-4-3-5-16(8-13)28(26,27)23-14-9-15(10-14)24(2)19-17-6-7-20-18(17)21-11-22-19/h3-8,11-12,14-15,23,25H,9-10H2,1-2H3,(H,20,21,22)/t12?,14-,15+. The van der Waals surface area contributed by atoms with Crippen LogP contribution in [0.15, 0.2) is 47.8 Å². The molecule has 0 amide bonds. The summed E-state index contributed by atoms with van der Waals surface area (Å²) in [5, 5.41) is 10.6. The zero-order valence-corrected chi connectivity index (χ0v) is 16.5. The number of aromatic nitrogens is 3. The number of aliphatic hydroxyl groups is 1. The molecule has 9 heteroatoms. The largest absolute Gasteiger partial charge is 0.389 e. The Hall–Kier alpha value is -2.49. The summed E-state index contributed by atoms with van der Waals surface area (Å²) in [6.45, 7) is 1.61. The van der Waals surface area contributed by atoms with Crippen LogP contribution in [0.3, 0.4) is 0 Å². The molecule has 1 atom stereocenters. The summed E-state index contributed by atoms with van der Waals surface area (Å²) in [5.74, 6) is 0.835. The van der Waals surface area contributed by atoms with Crippen molar-refractivity contribution in [2.45, 2.75) is 42.8 Å².